The molecule has 0 spiro atoms. The van der Waals surface area contributed by atoms with Crippen molar-refractivity contribution >= 4 is 23.8 Å². The third-order valence-corrected chi connectivity index (χ3v) is 9.82. The summed E-state index contributed by atoms with van der Waals surface area (Å²) in [5.41, 5.74) is 2.82. The van der Waals surface area contributed by atoms with Crippen molar-refractivity contribution in [2.45, 2.75) is 56.0 Å². The van der Waals surface area contributed by atoms with Gasteiger partial charge >= 0.3 is 0 Å². The molecule has 3 rings (SSSR count). The van der Waals surface area contributed by atoms with Gasteiger partial charge in [-0.3, -0.25) is 9.53 Å². The number of ether oxygens (including phenoxy) is 1. The summed E-state index contributed by atoms with van der Waals surface area (Å²) in [4.78, 5) is 0.905. The SMILES string of the molecule is CCCC[C@]1(CC)C[SH](C)(=O)c2cc(/C=C/[PH](C)=O)c(OC)cc2[C@@H](c2ccccc2)N1. The third-order valence-electron chi connectivity index (χ3n) is 6.57. The number of hydrogen-bond donors (Lipinski definition) is 2. The van der Waals surface area contributed by atoms with Crippen LogP contribution in [0.25, 0.3) is 6.08 Å². The lowest BCUT2D eigenvalue weighted by Gasteiger charge is -2.38. The first-order chi connectivity index (χ1) is 15.2. The minimum atomic E-state index is -2.68. The van der Waals surface area contributed by atoms with Crippen LogP contribution in [0.2, 0.25) is 0 Å². The Morgan fingerprint density at radius 3 is 2.56 bits per heavy atom. The highest BCUT2D eigenvalue weighted by atomic mass is 32.2. The number of unbranched alkanes of at least 4 members (excludes halogenated alkanes) is 1. The molecule has 1 aliphatic heterocycles. The van der Waals surface area contributed by atoms with Gasteiger partial charge in [-0.05, 0) is 60.9 Å². The van der Waals surface area contributed by atoms with Gasteiger partial charge < -0.3 is 9.30 Å². The van der Waals surface area contributed by atoms with Crippen LogP contribution in [0.4, 0.5) is 0 Å². The molecule has 0 amide bonds. The fraction of sp³-hybridized carbons (Fsp3) is 0.462. The van der Waals surface area contributed by atoms with Crippen LogP contribution in [-0.2, 0) is 14.5 Å². The minimum Gasteiger partial charge on any atom is -0.496 e. The van der Waals surface area contributed by atoms with E-state index in [2.05, 4.69) is 43.4 Å². The molecular formula is C26H38NO3PS. The van der Waals surface area contributed by atoms with Crippen molar-refractivity contribution < 1.29 is 13.5 Å². The number of rotatable bonds is 8. The highest BCUT2D eigenvalue weighted by Gasteiger charge is 2.40. The van der Waals surface area contributed by atoms with E-state index in [-0.39, 0.29) is 11.6 Å². The van der Waals surface area contributed by atoms with E-state index in [4.69, 9.17) is 4.74 Å². The Balaban J connectivity index is 2.27. The summed E-state index contributed by atoms with van der Waals surface area (Å²) in [6.07, 6.45) is 7.90. The summed E-state index contributed by atoms with van der Waals surface area (Å²) in [5.74, 6) is 3.06. The van der Waals surface area contributed by atoms with Crippen molar-refractivity contribution in [1.82, 2.24) is 5.32 Å². The molecule has 6 heteroatoms. The second-order valence-electron chi connectivity index (χ2n) is 9.08. The number of methoxy groups -OCH3 is 1. The van der Waals surface area contributed by atoms with Gasteiger partial charge in [0.15, 0.2) is 0 Å². The zero-order valence-electron chi connectivity index (χ0n) is 20.0. The zero-order valence-corrected chi connectivity index (χ0v) is 21.9. The first-order valence-corrected chi connectivity index (χ1v) is 15.9. The van der Waals surface area contributed by atoms with Crippen molar-refractivity contribution in [3.8, 4) is 5.75 Å². The van der Waals surface area contributed by atoms with Crippen LogP contribution in [0.3, 0.4) is 0 Å². The van der Waals surface area contributed by atoms with Crippen LogP contribution in [0.15, 0.2) is 53.2 Å². The van der Waals surface area contributed by atoms with Crippen LogP contribution in [-0.4, -0.2) is 35.5 Å². The minimum absolute atomic E-state index is 0.0731. The van der Waals surface area contributed by atoms with Gasteiger partial charge in [-0.2, -0.15) is 0 Å². The fourth-order valence-electron chi connectivity index (χ4n) is 4.81. The highest BCUT2D eigenvalue weighted by molar-refractivity contribution is 8.02. The second kappa shape index (κ2) is 10.5. The first-order valence-electron chi connectivity index (χ1n) is 11.6. The Bertz CT molecular complexity index is 1040. The van der Waals surface area contributed by atoms with Gasteiger partial charge in [0.25, 0.3) is 0 Å². The summed E-state index contributed by atoms with van der Waals surface area (Å²) in [6, 6.07) is 14.4. The molecule has 0 aromatic heterocycles. The summed E-state index contributed by atoms with van der Waals surface area (Å²) in [5, 5.41) is 3.97. The smallest absolute Gasteiger partial charge is 0.126 e. The van der Waals surface area contributed by atoms with Gasteiger partial charge in [-0.25, -0.2) is 0 Å². The average molecular weight is 476 g/mol. The van der Waals surface area contributed by atoms with E-state index in [1.165, 1.54) is 0 Å². The number of benzene rings is 2. The molecule has 1 heterocycles. The van der Waals surface area contributed by atoms with Crippen molar-refractivity contribution in [1.29, 1.82) is 0 Å². The lowest BCUT2D eigenvalue weighted by molar-refractivity contribution is 0.295. The molecule has 1 N–H and O–H groups in total. The molecule has 4 nitrogen and oxygen atoms in total. The van der Waals surface area contributed by atoms with Gasteiger partial charge in [0.05, 0.1) is 21.0 Å². The number of fused-ring (bicyclic) bond motifs is 1. The second-order valence-corrected chi connectivity index (χ2v) is 13.6. The molecule has 2 aromatic rings. The van der Waals surface area contributed by atoms with Crippen molar-refractivity contribution in [3.63, 3.8) is 0 Å². The molecule has 0 fully saturated rings. The Morgan fingerprint density at radius 2 is 1.97 bits per heavy atom. The van der Waals surface area contributed by atoms with Crippen molar-refractivity contribution in [3.05, 3.63) is 65.0 Å². The van der Waals surface area contributed by atoms with E-state index < -0.39 is 17.7 Å². The third kappa shape index (κ3) is 5.44. The molecule has 32 heavy (non-hydrogen) atoms. The Kier molecular flexibility index (Phi) is 8.19. The average Bonchev–Trinajstić information content (AvgIpc) is 2.88. The maximum Gasteiger partial charge on any atom is 0.126 e. The Labute approximate surface area is 195 Å². The molecule has 2 aromatic carbocycles. The van der Waals surface area contributed by atoms with Crippen LogP contribution >= 0.6 is 7.80 Å². The Hall–Kier alpha value is -1.68. The van der Waals surface area contributed by atoms with E-state index in [1.54, 1.807) is 19.6 Å². The normalized spacial score (nSPS) is 24.5. The lowest BCUT2D eigenvalue weighted by atomic mass is 9.88. The molecule has 0 radical (unpaired) electrons. The summed E-state index contributed by atoms with van der Waals surface area (Å²) < 4.78 is 31.8. The maximum atomic E-state index is 14.3. The molecule has 0 bridgehead atoms. The topological polar surface area (TPSA) is 55.4 Å². The predicted molar refractivity (Wildman–Crippen MR) is 140 cm³/mol. The van der Waals surface area contributed by atoms with Gasteiger partial charge in [0.1, 0.15) is 5.75 Å². The molecule has 0 aliphatic carbocycles. The quantitative estimate of drug-likeness (QED) is 0.369. The van der Waals surface area contributed by atoms with Gasteiger partial charge in [-0.15, -0.1) is 0 Å². The highest BCUT2D eigenvalue weighted by Crippen LogP contribution is 2.43. The first kappa shape index (κ1) is 25.0. The number of hydrogen-bond acceptors (Lipinski definition) is 4. The number of thiol groups is 1. The molecule has 1 aliphatic rings. The molecule has 1 unspecified atom stereocenters. The van der Waals surface area contributed by atoms with Crippen LogP contribution in [0.1, 0.15) is 62.3 Å². The fourth-order valence-corrected chi connectivity index (χ4v) is 8.18. The summed E-state index contributed by atoms with van der Waals surface area (Å²) in [7, 11) is -2.80. The maximum absolute atomic E-state index is 14.3. The Morgan fingerprint density at radius 1 is 1.25 bits per heavy atom. The monoisotopic (exact) mass is 475 g/mol. The van der Waals surface area contributed by atoms with E-state index >= 15 is 0 Å². The van der Waals surface area contributed by atoms with E-state index in [9.17, 15) is 8.77 Å². The predicted octanol–water partition coefficient (Wildman–Crippen LogP) is 5.89. The molecule has 3 atom stereocenters. The van der Waals surface area contributed by atoms with Crippen LogP contribution in [0.5, 0.6) is 5.75 Å². The van der Waals surface area contributed by atoms with Crippen molar-refractivity contribution in [2.24, 2.45) is 0 Å². The molecular weight excluding hydrogens is 437 g/mol. The van der Waals surface area contributed by atoms with E-state index in [0.29, 0.717) is 11.5 Å². The molecule has 176 valence electrons. The van der Waals surface area contributed by atoms with E-state index in [1.807, 2.05) is 30.5 Å². The summed E-state index contributed by atoms with van der Waals surface area (Å²) >= 11 is 0. The lowest BCUT2D eigenvalue weighted by Crippen LogP contribution is -2.50. The van der Waals surface area contributed by atoms with Gasteiger partial charge in [0, 0.05) is 21.8 Å². The van der Waals surface area contributed by atoms with Crippen LogP contribution < -0.4 is 10.1 Å². The standard InChI is InChI=1S/C26H38NO3PS/c1-6-8-15-26(7-2)19-32(5,29)24-17-21(14-16-31(4)28)23(30-3)18-22(24)25(27-26)20-12-10-9-11-13-20/h9-14,16-18,25,27,31-32H,6-8,15,19H2,1-5H3/b16-14+/t25-,26-/m1/s1. The molecule has 0 saturated carbocycles. The van der Waals surface area contributed by atoms with Gasteiger partial charge in [-0.1, -0.05) is 67.0 Å². The summed E-state index contributed by atoms with van der Waals surface area (Å²) in [6.45, 7) is 6.12. The zero-order chi connectivity index (χ0) is 23.4. The molecule has 0 saturated heterocycles. The largest absolute Gasteiger partial charge is 0.496 e. The number of nitrogens with one attached hydrogen (secondary N) is 1. The van der Waals surface area contributed by atoms with Crippen LogP contribution in [0, 0.1) is 0 Å². The van der Waals surface area contributed by atoms with Gasteiger partial charge in [0.2, 0.25) is 0 Å². The van der Waals surface area contributed by atoms with E-state index in [0.717, 1.165) is 47.3 Å². The van der Waals surface area contributed by atoms with Crippen molar-refractivity contribution in [2.75, 3.05) is 25.8 Å².